The van der Waals surface area contributed by atoms with Gasteiger partial charge in [0.2, 0.25) is 5.91 Å². The van der Waals surface area contributed by atoms with Gasteiger partial charge in [0.1, 0.15) is 0 Å². The van der Waals surface area contributed by atoms with Gasteiger partial charge in [0.15, 0.2) is 0 Å². The molecule has 0 radical (unpaired) electrons. The van der Waals surface area contributed by atoms with Crippen molar-refractivity contribution < 1.29 is 13.6 Å². The smallest absolute Gasteiger partial charge is 0.262 e. The van der Waals surface area contributed by atoms with Crippen LogP contribution in [-0.2, 0) is 4.79 Å². The van der Waals surface area contributed by atoms with Crippen LogP contribution in [0.15, 0.2) is 30.3 Å². The highest BCUT2D eigenvalue weighted by molar-refractivity contribution is 5.85. The van der Waals surface area contributed by atoms with Crippen LogP contribution in [0, 0.1) is 5.92 Å². The first-order valence-electron chi connectivity index (χ1n) is 7.72. The van der Waals surface area contributed by atoms with E-state index in [1.165, 1.54) is 5.69 Å². The summed E-state index contributed by atoms with van der Waals surface area (Å²) in [6.45, 7) is 1.99. The Hall–Kier alpha value is -1.11. The largest absolute Gasteiger partial charge is 0.371 e. The van der Waals surface area contributed by atoms with Crippen LogP contribution in [0.1, 0.15) is 12.8 Å². The van der Waals surface area contributed by atoms with Crippen molar-refractivity contribution >= 4 is 36.4 Å². The van der Waals surface area contributed by atoms with E-state index >= 15 is 0 Å². The van der Waals surface area contributed by atoms with Gasteiger partial charge >= 0.3 is 0 Å². The lowest BCUT2D eigenvalue weighted by molar-refractivity contribution is -0.123. The highest BCUT2D eigenvalue weighted by Gasteiger charge is 2.42. The molecule has 0 aliphatic carbocycles. The van der Waals surface area contributed by atoms with Crippen molar-refractivity contribution in [2.45, 2.75) is 24.8 Å². The molecule has 2 fully saturated rings. The first kappa shape index (κ1) is 20.9. The molecule has 0 bridgehead atoms. The number of nitrogens with zero attached hydrogens (tertiary/aromatic N) is 1. The summed E-state index contributed by atoms with van der Waals surface area (Å²) in [4.78, 5) is 14.2. The number of amides is 1. The number of carbonyl (C=O) groups excluding carboxylic acids is 1. The van der Waals surface area contributed by atoms with E-state index in [1.807, 2.05) is 18.2 Å². The fourth-order valence-corrected chi connectivity index (χ4v) is 3.14. The van der Waals surface area contributed by atoms with Crippen molar-refractivity contribution in [1.82, 2.24) is 10.6 Å². The predicted molar refractivity (Wildman–Crippen MR) is 95.6 cm³/mol. The highest BCUT2D eigenvalue weighted by atomic mass is 35.5. The molecule has 2 atom stereocenters. The molecule has 8 heteroatoms. The van der Waals surface area contributed by atoms with Gasteiger partial charge in [0.05, 0.1) is 12.6 Å². The second-order valence-electron chi connectivity index (χ2n) is 6.17. The van der Waals surface area contributed by atoms with Gasteiger partial charge in [-0.2, -0.15) is 0 Å². The SMILES string of the molecule is Cl.Cl.O=C(NCC1CCN(c2ccccc2)C1)C1CC(F)(F)CN1. The molecule has 1 aromatic carbocycles. The average Bonchev–Trinajstić information content (AvgIpc) is 3.12. The number of para-hydroxylation sites is 1. The molecule has 2 heterocycles. The van der Waals surface area contributed by atoms with Crippen molar-refractivity contribution in [3.63, 3.8) is 0 Å². The summed E-state index contributed by atoms with van der Waals surface area (Å²) in [5, 5.41) is 5.40. The fourth-order valence-electron chi connectivity index (χ4n) is 3.14. The molecule has 2 N–H and O–H groups in total. The number of benzene rings is 1. The third-order valence-electron chi connectivity index (χ3n) is 4.40. The number of hydrogen-bond donors (Lipinski definition) is 2. The minimum atomic E-state index is -2.76. The number of nitrogens with one attached hydrogen (secondary N) is 2. The zero-order chi connectivity index (χ0) is 15.6. The first-order valence-corrected chi connectivity index (χ1v) is 7.72. The van der Waals surface area contributed by atoms with Gasteiger partial charge in [0.25, 0.3) is 5.92 Å². The Balaban J connectivity index is 0.00000144. The Labute approximate surface area is 153 Å². The third-order valence-corrected chi connectivity index (χ3v) is 4.40. The van der Waals surface area contributed by atoms with Gasteiger partial charge in [-0.3, -0.25) is 10.1 Å². The van der Waals surface area contributed by atoms with Crippen LogP contribution in [0.3, 0.4) is 0 Å². The van der Waals surface area contributed by atoms with E-state index in [2.05, 4.69) is 27.7 Å². The summed E-state index contributed by atoms with van der Waals surface area (Å²) in [5.41, 5.74) is 1.19. The van der Waals surface area contributed by atoms with E-state index in [4.69, 9.17) is 0 Å². The Bertz CT molecular complexity index is 533. The summed E-state index contributed by atoms with van der Waals surface area (Å²) in [5.74, 6) is -2.71. The molecule has 2 aliphatic rings. The lowest BCUT2D eigenvalue weighted by Crippen LogP contribution is -2.42. The summed E-state index contributed by atoms with van der Waals surface area (Å²) in [6.07, 6.45) is 0.600. The first-order chi connectivity index (χ1) is 10.5. The maximum absolute atomic E-state index is 13.1. The maximum Gasteiger partial charge on any atom is 0.262 e. The van der Waals surface area contributed by atoms with Crippen molar-refractivity contribution in [2.75, 3.05) is 31.1 Å². The molecular weight excluding hydrogens is 359 g/mol. The standard InChI is InChI=1S/C16H21F2N3O.2ClH/c17-16(18)8-14(20-11-16)15(22)19-9-12-6-7-21(10-12)13-4-2-1-3-5-13;;/h1-5,12,14,20H,6-11H2,(H,19,22);2*1H. The van der Waals surface area contributed by atoms with E-state index in [0.717, 1.165) is 19.5 Å². The molecule has 136 valence electrons. The van der Waals surface area contributed by atoms with Gasteiger partial charge in [-0.25, -0.2) is 8.78 Å². The zero-order valence-corrected chi connectivity index (χ0v) is 14.8. The number of halogens is 4. The van der Waals surface area contributed by atoms with Crippen LogP contribution < -0.4 is 15.5 Å². The molecular formula is C16H23Cl2F2N3O. The molecule has 0 spiro atoms. The second kappa shape index (κ2) is 8.83. The maximum atomic E-state index is 13.1. The normalized spacial score (nSPS) is 24.8. The van der Waals surface area contributed by atoms with E-state index in [9.17, 15) is 13.6 Å². The van der Waals surface area contributed by atoms with Gasteiger partial charge in [-0.1, -0.05) is 18.2 Å². The molecule has 0 aromatic heterocycles. The Morgan fingerprint density at radius 3 is 2.62 bits per heavy atom. The Morgan fingerprint density at radius 2 is 2.00 bits per heavy atom. The van der Waals surface area contributed by atoms with Gasteiger partial charge < -0.3 is 10.2 Å². The van der Waals surface area contributed by atoms with E-state index < -0.39 is 24.9 Å². The molecule has 0 saturated carbocycles. The van der Waals surface area contributed by atoms with Crippen LogP contribution in [0.2, 0.25) is 0 Å². The molecule has 3 rings (SSSR count). The highest BCUT2D eigenvalue weighted by Crippen LogP contribution is 2.26. The van der Waals surface area contributed by atoms with Gasteiger partial charge in [0, 0.05) is 31.7 Å². The molecule has 24 heavy (non-hydrogen) atoms. The van der Waals surface area contributed by atoms with Gasteiger partial charge in [-0.05, 0) is 24.5 Å². The van der Waals surface area contributed by atoms with Crippen LogP contribution in [0.5, 0.6) is 0 Å². The topological polar surface area (TPSA) is 44.4 Å². The molecule has 1 amide bonds. The molecule has 2 saturated heterocycles. The molecule has 2 unspecified atom stereocenters. The second-order valence-corrected chi connectivity index (χ2v) is 6.17. The van der Waals surface area contributed by atoms with Crippen molar-refractivity contribution in [3.05, 3.63) is 30.3 Å². The lowest BCUT2D eigenvalue weighted by atomic mass is 10.1. The molecule has 4 nitrogen and oxygen atoms in total. The Kier molecular flexibility index (Phi) is 7.70. The predicted octanol–water partition coefficient (Wildman–Crippen LogP) is 2.47. The summed E-state index contributed by atoms with van der Waals surface area (Å²) >= 11 is 0. The number of anilines is 1. The summed E-state index contributed by atoms with van der Waals surface area (Å²) in [6, 6.07) is 9.40. The van der Waals surface area contributed by atoms with Crippen molar-refractivity contribution in [1.29, 1.82) is 0 Å². The fraction of sp³-hybridized carbons (Fsp3) is 0.562. The number of hydrogen-bond acceptors (Lipinski definition) is 3. The van der Waals surface area contributed by atoms with Crippen LogP contribution in [0.4, 0.5) is 14.5 Å². The van der Waals surface area contributed by atoms with Gasteiger partial charge in [-0.15, -0.1) is 24.8 Å². The number of alkyl halides is 2. The van der Waals surface area contributed by atoms with E-state index in [0.29, 0.717) is 12.5 Å². The quantitative estimate of drug-likeness (QED) is 0.841. The lowest BCUT2D eigenvalue weighted by Gasteiger charge is -2.19. The average molecular weight is 382 g/mol. The van der Waals surface area contributed by atoms with Crippen molar-refractivity contribution in [3.8, 4) is 0 Å². The molecule has 2 aliphatic heterocycles. The Morgan fingerprint density at radius 1 is 1.29 bits per heavy atom. The van der Waals surface area contributed by atoms with Crippen LogP contribution >= 0.6 is 24.8 Å². The summed E-state index contributed by atoms with van der Waals surface area (Å²) < 4.78 is 26.2. The zero-order valence-electron chi connectivity index (χ0n) is 13.2. The molecule has 1 aromatic rings. The van der Waals surface area contributed by atoms with Crippen molar-refractivity contribution in [2.24, 2.45) is 5.92 Å². The van der Waals surface area contributed by atoms with E-state index in [-0.39, 0.29) is 30.7 Å². The third kappa shape index (κ3) is 5.19. The van der Waals surface area contributed by atoms with Crippen LogP contribution in [-0.4, -0.2) is 44.1 Å². The number of carbonyl (C=O) groups is 1. The number of rotatable bonds is 4. The minimum Gasteiger partial charge on any atom is -0.371 e. The summed E-state index contributed by atoms with van der Waals surface area (Å²) in [7, 11) is 0. The van der Waals surface area contributed by atoms with E-state index in [1.54, 1.807) is 0 Å². The monoisotopic (exact) mass is 381 g/mol. The minimum absolute atomic E-state index is 0. The van der Waals surface area contributed by atoms with Crippen LogP contribution in [0.25, 0.3) is 0 Å².